The largest absolute Gasteiger partial charge is 1.00 e. The molecule has 1 rings (SSSR count). The first-order chi connectivity index (χ1) is 6.50. The molecule has 15 heavy (non-hydrogen) atoms. The quantitative estimate of drug-likeness (QED) is 0.614. The minimum atomic E-state index is -1.22. The molecule has 0 saturated carbocycles. The van der Waals surface area contributed by atoms with Crippen LogP contribution in [0.3, 0.4) is 0 Å². The third-order valence-electron chi connectivity index (χ3n) is 1.76. The maximum absolute atomic E-state index is 10.2. The van der Waals surface area contributed by atoms with E-state index in [1.54, 1.807) is 0 Å². The molecule has 0 atom stereocenters. The van der Waals surface area contributed by atoms with Crippen LogP contribution >= 0.6 is 15.9 Å². The van der Waals surface area contributed by atoms with Crippen molar-refractivity contribution in [2.24, 2.45) is 0 Å². The van der Waals surface area contributed by atoms with Crippen molar-refractivity contribution >= 4 is 21.9 Å². The second-order valence-electron chi connectivity index (χ2n) is 3.03. The van der Waals surface area contributed by atoms with Gasteiger partial charge in [0.2, 0.25) is 0 Å². The van der Waals surface area contributed by atoms with Crippen LogP contribution in [0.1, 0.15) is 11.1 Å². The fourth-order valence-corrected chi connectivity index (χ4v) is 1.94. The van der Waals surface area contributed by atoms with Gasteiger partial charge in [-0.05, 0) is 37.1 Å². The molecule has 0 unspecified atom stereocenters. The summed E-state index contributed by atoms with van der Waals surface area (Å²) in [4.78, 5) is 10.2. The number of benzene rings is 1. The number of hydrogen-bond acceptors (Lipinski definition) is 3. The zero-order chi connectivity index (χ0) is 10.7. The molecule has 0 aliphatic rings. The standard InChI is InChI=1S/C10H11BrO3.Na/c1-6-3-8(11)4-7(2)10(6)14-5-9(12)13;/h3-4H,5H2,1-2H3,(H,12,13);/q;+1/p-1. The number of aryl methyl sites for hydroxylation is 2. The summed E-state index contributed by atoms with van der Waals surface area (Å²) in [7, 11) is 0. The van der Waals surface area contributed by atoms with Crippen LogP contribution in [0.4, 0.5) is 0 Å². The summed E-state index contributed by atoms with van der Waals surface area (Å²) in [6.07, 6.45) is 0. The molecule has 0 saturated heterocycles. The molecule has 0 fully saturated rings. The summed E-state index contributed by atoms with van der Waals surface area (Å²) >= 11 is 3.34. The number of aliphatic carboxylic acids is 1. The van der Waals surface area contributed by atoms with E-state index in [0.717, 1.165) is 15.6 Å². The molecule has 0 aliphatic heterocycles. The molecule has 0 aliphatic carbocycles. The first kappa shape index (κ1) is 15.0. The molecule has 0 amide bonds. The number of rotatable bonds is 3. The van der Waals surface area contributed by atoms with E-state index in [-0.39, 0.29) is 29.6 Å². The average molecular weight is 281 g/mol. The Labute approximate surface area is 119 Å². The summed E-state index contributed by atoms with van der Waals surface area (Å²) in [5.74, 6) is -0.607. The molecule has 0 heterocycles. The van der Waals surface area contributed by atoms with E-state index in [1.807, 2.05) is 26.0 Å². The van der Waals surface area contributed by atoms with E-state index in [9.17, 15) is 9.90 Å². The molecule has 3 nitrogen and oxygen atoms in total. The summed E-state index contributed by atoms with van der Waals surface area (Å²) < 4.78 is 6.05. The second-order valence-corrected chi connectivity index (χ2v) is 3.95. The number of ether oxygens (including phenoxy) is 1. The maximum Gasteiger partial charge on any atom is 1.00 e. The van der Waals surface area contributed by atoms with E-state index >= 15 is 0 Å². The molecule has 0 bridgehead atoms. The molecule has 0 spiro atoms. The molecule has 1 aromatic carbocycles. The summed E-state index contributed by atoms with van der Waals surface area (Å²) in [6.45, 7) is 3.31. The van der Waals surface area contributed by atoms with Gasteiger partial charge in [-0.2, -0.15) is 0 Å². The van der Waals surface area contributed by atoms with Gasteiger partial charge in [0, 0.05) is 4.47 Å². The van der Waals surface area contributed by atoms with Gasteiger partial charge in [0.1, 0.15) is 12.4 Å². The topological polar surface area (TPSA) is 49.4 Å². The zero-order valence-electron chi connectivity index (χ0n) is 8.96. The van der Waals surface area contributed by atoms with E-state index < -0.39 is 12.6 Å². The van der Waals surface area contributed by atoms with Crippen LogP contribution in [-0.2, 0) is 4.79 Å². The minimum Gasteiger partial charge on any atom is -0.546 e. The van der Waals surface area contributed by atoms with Gasteiger partial charge < -0.3 is 14.6 Å². The Kier molecular flexibility index (Phi) is 6.52. The Balaban J connectivity index is 0.00000196. The van der Waals surface area contributed by atoms with Crippen LogP contribution in [0.2, 0.25) is 0 Å². The number of carbonyl (C=O) groups is 1. The summed E-state index contributed by atoms with van der Waals surface area (Å²) in [5, 5.41) is 10.2. The van der Waals surface area contributed by atoms with Crippen molar-refractivity contribution in [3.63, 3.8) is 0 Å². The first-order valence-corrected chi connectivity index (χ1v) is 4.89. The number of hydrogen-bond donors (Lipinski definition) is 0. The van der Waals surface area contributed by atoms with Crippen molar-refractivity contribution < 1.29 is 44.2 Å². The first-order valence-electron chi connectivity index (χ1n) is 4.10. The summed E-state index contributed by atoms with van der Waals surface area (Å²) in [6, 6.07) is 3.75. The van der Waals surface area contributed by atoms with Gasteiger partial charge in [0.15, 0.2) is 0 Å². The SMILES string of the molecule is Cc1cc(Br)cc(C)c1OCC(=O)[O-].[Na+]. The molecule has 1 aromatic rings. The van der Waals surface area contributed by atoms with E-state index in [4.69, 9.17) is 4.74 Å². The van der Waals surface area contributed by atoms with Crippen LogP contribution < -0.4 is 39.4 Å². The van der Waals surface area contributed by atoms with Crippen LogP contribution in [-0.4, -0.2) is 12.6 Å². The molecule has 0 aromatic heterocycles. The second kappa shape index (κ2) is 6.53. The van der Waals surface area contributed by atoms with E-state index in [1.165, 1.54) is 0 Å². The van der Waals surface area contributed by atoms with Crippen molar-refractivity contribution in [1.29, 1.82) is 0 Å². The normalized spacial score (nSPS) is 9.27. The molecule has 0 radical (unpaired) electrons. The number of carbonyl (C=O) groups excluding carboxylic acids is 1. The predicted molar refractivity (Wildman–Crippen MR) is 54.1 cm³/mol. The third-order valence-corrected chi connectivity index (χ3v) is 2.22. The monoisotopic (exact) mass is 280 g/mol. The fourth-order valence-electron chi connectivity index (χ4n) is 1.26. The average Bonchev–Trinajstić information content (AvgIpc) is 2.01. The van der Waals surface area contributed by atoms with Crippen LogP contribution in [0.15, 0.2) is 16.6 Å². The number of carboxylic acid groups (broad SMARTS) is 1. The zero-order valence-corrected chi connectivity index (χ0v) is 12.6. The molecular weight excluding hydrogens is 271 g/mol. The van der Waals surface area contributed by atoms with Gasteiger partial charge in [-0.3, -0.25) is 0 Å². The number of carboxylic acids is 1. The van der Waals surface area contributed by atoms with Crippen molar-refractivity contribution in [2.75, 3.05) is 6.61 Å². The van der Waals surface area contributed by atoms with Gasteiger partial charge in [-0.1, -0.05) is 15.9 Å². The molecular formula is C10H10BrNaO3. The Morgan fingerprint density at radius 3 is 2.27 bits per heavy atom. The maximum atomic E-state index is 10.2. The molecule has 5 heteroatoms. The summed E-state index contributed by atoms with van der Waals surface area (Å²) in [5.41, 5.74) is 1.80. The van der Waals surface area contributed by atoms with Crippen molar-refractivity contribution in [3.8, 4) is 5.75 Å². The smallest absolute Gasteiger partial charge is 0.546 e. The minimum absolute atomic E-state index is 0. The van der Waals surface area contributed by atoms with Gasteiger partial charge >= 0.3 is 29.6 Å². The Morgan fingerprint density at radius 2 is 1.87 bits per heavy atom. The molecule has 76 valence electrons. The third kappa shape index (κ3) is 4.55. The van der Waals surface area contributed by atoms with Crippen LogP contribution in [0.25, 0.3) is 0 Å². The molecule has 0 N–H and O–H groups in total. The van der Waals surface area contributed by atoms with E-state index in [0.29, 0.717) is 5.75 Å². The van der Waals surface area contributed by atoms with Gasteiger partial charge in [0.05, 0.1) is 5.97 Å². The van der Waals surface area contributed by atoms with E-state index in [2.05, 4.69) is 15.9 Å². The van der Waals surface area contributed by atoms with Crippen LogP contribution in [0.5, 0.6) is 5.75 Å². The Hall–Kier alpha value is -0.0300. The fraction of sp³-hybridized carbons (Fsp3) is 0.300. The van der Waals surface area contributed by atoms with Gasteiger partial charge in [0.25, 0.3) is 0 Å². The van der Waals surface area contributed by atoms with Crippen molar-refractivity contribution in [2.45, 2.75) is 13.8 Å². The van der Waals surface area contributed by atoms with Crippen LogP contribution in [0, 0.1) is 13.8 Å². The van der Waals surface area contributed by atoms with Crippen molar-refractivity contribution in [1.82, 2.24) is 0 Å². The Bertz CT molecular complexity index is 343. The van der Waals surface area contributed by atoms with Gasteiger partial charge in [-0.15, -0.1) is 0 Å². The number of halogens is 1. The van der Waals surface area contributed by atoms with Crippen molar-refractivity contribution in [3.05, 3.63) is 27.7 Å². The Morgan fingerprint density at radius 1 is 1.40 bits per heavy atom. The van der Waals surface area contributed by atoms with Gasteiger partial charge in [-0.25, -0.2) is 0 Å². The predicted octanol–water partition coefficient (Wildman–Crippen LogP) is -1.80.